The predicted molar refractivity (Wildman–Crippen MR) is 174 cm³/mol. The molecule has 3 aliphatic rings. The van der Waals surface area contributed by atoms with Gasteiger partial charge in [-0.1, -0.05) is 39.3 Å². The second-order valence-corrected chi connectivity index (χ2v) is 14.2. The van der Waals surface area contributed by atoms with Gasteiger partial charge < -0.3 is 35.6 Å². The van der Waals surface area contributed by atoms with E-state index in [0.29, 0.717) is 18.6 Å². The van der Waals surface area contributed by atoms with Crippen molar-refractivity contribution in [2.75, 3.05) is 13.7 Å². The van der Waals surface area contributed by atoms with E-state index < -0.39 is 58.7 Å². The number of ketones is 1. The largest absolute Gasteiger partial charge is 0.496 e. The Kier molecular flexibility index (Phi) is 10.9. The van der Waals surface area contributed by atoms with Gasteiger partial charge in [0.25, 0.3) is 5.91 Å². The third kappa shape index (κ3) is 8.05. The van der Waals surface area contributed by atoms with Gasteiger partial charge in [0, 0.05) is 18.4 Å². The van der Waals surface area contributed by atoms with E-state index in [1.807, 2.05) is 53.7 Å². The van der Waals surface area contributed by atoms with Crippen LogP contribution in [0.15, 0.2) is 17.3 Å². The fourth-order valence-corrected chi connectivity index (χ4v) is 6.84. The van der Waals surface area contributed by atoms with Crippen LogP contribution in [0, 0.1) is 19.3 Å². The summed E-state index contributed by atoms with van der Waals surface area (Å²) in [5.41, 5.74) is 6.81. The maximum absolute atomic E-state index is 14.4. The van der Waals surface area contributed by atoms with Gasteiger partial charge in [0.2, 0.25) is 17.6 Å². The van der Waals surface area contributed by atoms with E-state index >= 15 is 0 Å². The molecule has 4 rings (SSSR count). The maximum atomic E-state index is 14.4. The number of methoxy groups -OCH3 is 1. The van der Waals surface area contributed by atoms with Gasteiger partial charge in [-0.15, -0.1) is 0 Å². The van der Waals surface area contributed by atoms with Crippen molar-refractivity contribution in [1.82, 2.24) is 15.5 Å². The molecular formula is C34H49N5O8. The van der Waals surface area contributed by atoms with Gasteiger partial charge in [0.1, 0.15) is 23.9 Å². The number of rotatable bonds is 11. The first-order valence-corrected chi connectivity index (χ1v) is 16.4. The van der Waals surface area contributed by atoms with Gasteiger partial charge in [0.05, 0.1) is 25.4 Å². The van der Waals surface area contributed by atoms with Crippen LogP contribution in [0.25, 0.3) is 0 Å². The summed E-state index contributed by atoms with van der Waals surface area (Å²) >= 11 is 0. The summed E-state index contributed by atoms with van der Waals surface area (Å²) < 4.78 is 11.1. The Hall–Kier alpha value is -4.16. The molecule has 0 bridgehead atoms. The molecule has 1 saturated carbocycles. The lowest BCUT2D eigenvalue weighted by molar-refractivity contribution is -0.143. The number of alkyl carbamates (subject to hydrolysis) is 1. The van der Waals surface area contributed by atoms with Crippen molar-refractivity contribution in [2.45, 2.75) is 123 Å². The number of likely N-dealkylation sites (tertiary alicyclic amines) is 1. The molecule has 1 aromatic carbocycles. The Morgan fingerprint density at radius 2 is 1.74 bits per heavy atom. The Bertz CT molecular complexity index is 1410. The normalized spacial score (nSPS) is 22.3. The van der Waals surface area contributed by atoms with E-state index in [4.69, 9.17) is 20.0 Å². The molecule has 1 saturated heterocycles. The van der Waals surface area contributed by atoms with Crippen LogP contribution in [0.5, 0.6) is 5.75 Å². The number of nitrogens with zero attached hydrogens (tertiary/aromatic N) is 2. The van der Waals surface area contributed by atoms with Gasteiger partial charge >= 0.3 is 6.09 Å². The van der Waals surface area contributed by atoms with Gasteiger partial charge in [-0.05, 0) is 74.6 Å². The number of nitrogens with one attached hydrogen (secondary N) is 2. The summed E-state index contributed by atoms with van der Waals surface area (Å²) in [6.45, 7) is 11.1. The second-order valence-electron chi connectivity index (χ2n) is 14.2. The highest BCUT2D eigenvalue weighted by atomic mass is 16.7. The number of Topliss-reactive ketones (excluding diaryl/α,β-unsaturated/α-hetero) is 1. The van der Waals surface area contributed by atoms with Crippen LogP contribution in [-0.4, -0.2) is 83.7 Å². The van der Waals surface area contributed by atoms with Gasteiger partial charge in [-0.25, -0.2) is 4.79 Å². The van der Waals surface area contributed by atoms with E-state index in [0.717, 1.165) is 48.1 Å². The standard InChI is InChI=1S/C34H49N5O8/c1-8-11-23(26(40)29(35)41)36-30(42)25-17-34(16-24(38-47-34)21-14-19(2)27(45-7)20(3)15-21)18-39(25)31(43)28(33(4,5)6)37-32(44)46-22-12-9-10-13-22/h14-15,22-23,25,28H,8-13,16-18H2,1-7H3,(H2,35,41)(H,36,42)(H,37,44)/t23-,25-,28+,34+/m0/s1. The minimum absolute atomic E-state index is 0.000812. The molecule has 2 aliphatic heterocycles. The molecule has 1 aromatic rings. The lowest BCUT2D eigenvalue weighted by Crippen LogP contribution is -2.59. The quantitative estimate of drug-likeness (QED) is 0.304. The molecule has 2 heterocycles. The average Bonchev–Trinajstić information content (AvgIpc) is 3.75. The molecule has 13 heteroatoms. The zero-order valence-corrected chi connectivity index (χ0v) is 28.6. The zero-order chi connectivity index (χ0) is 34.7. The van der Waals surface area contributed by atoms with Gasteiger partial charge in [-0.2, -0.15) is 0 Å². The smallest absolute Gasteiger partial charge is 0.408 e. The molecular weight excluding hydrogens is 606 g/mol. The third-order valence-electron chi connectivity index (χ3n) is 9.23. The molecule has 4 atom stereocenters. The van der Waals surface area contributed by atoms with Crippen molar-refractivity contribution in [3.63, 3.8) is 0 Å². The van der Waals surface area contributed by atoms with Crippen LogP contribution in [0.2, 0.25) is 0 Å². The predicted octanol–water partition coefficient (Wildman–Crippen LogP) is 3.20. The lowest BCUT2D eigenvalue weighted by Gasteiger charge is -2.35. The first-order valence-electron chi connectivity index (χ1n) is 16.4. The van der Waals surface area contributed by atoms with Crippen LogP contribution in [-0.2, 0) is 28.8 Å². The minimum atomic E-state index is -1.15. The number of oxime groups is 1. The number of hydrogen-bond acceptors (Lipinski definition) is 9. The Labute approximate surface area is 276 Å². The zero-order valence-electron chi connectivity index (χ0n) is 28.6. The summed E-state index contributed by atoms with van der Waals surface area (Å²) in [6, 6.07) is 0.631. The van der Waals surface area contributed by atoms with Crippen molar-refractivity contribution in [2.24, 2.45) is 16.3 Å². The Balaban J connectivity index is 1.63. The summed E-state index contributed by atoms with van der Waals surface area (Å²) in [4.78, 5) is 73.1. The minimum Gasteiger partial charge on any atom is -0.496 e. The van der Waals surface area contributed by atoms with E-state index in [1.54, 1.807) is 7.11 Å². The number of carbonyl (C=O) groups is 5. The second kappa shape index (κ2) is 14.3. The summed E-state index contributed by atoms with van der Waals surface area (Å²) in [5, 5.41) is 9.85. The SMILES string of the molecule is CCC[C@H](NC(=O)[C@@H]1C[C@]2(CC(c3cc(C)c(OC)c(C)c3)=NO2)CN1C(=O)[C@@H](NC(=O)OC1CCCC1)C(C)(C)C)C(=O)C(N)=O. The fraction of sp³-hybridized carbons (Fsp3) is 0.647. The number of hydrogen-bond donors (Lipinski definition) is 3. The van der Waals surface area contributed by atoms with Crippen LogP contribution >= 0.6 is 0 Å². The highest BCUT2D eigenvalue weighted by Crippen LogP contribution is 2.41. The molecule has 0 radical (unpaired) electrons. The average molecular weight is 656 g/mol. The van der Waals surface area contributed by atoms with Crippen molar-refractivity contribution in [3.8, 4) is 5.75 Å². The van der Waals surface area contributed by atoms with Crippen LogP contribution in [0.1, 0.15) is 95.8 Å². The van der Waals surface area contributed by atoms with Crippen molar-refractivity contribution in [3.05, 3.63) is 28.8 Å². The Morgan fingerprint density at radius 1 is 1.11 bits per heavy atom. The highest BCUT2D eigenvalue weighted by molar-refractivity contribution is 6.37. The van der Waals surface area contributed by atoms with Crippen LogP contribution in [0.4, 0.5) is 4.79 Å². The van der Waals surface area contributed by atoms with Crippen LogP contribution in [0.3, 0.4) is 0 Å². The first kappa shape index (κ1) is 35.7. The lowest BCUT2D eigenvalue weighted by atomic mass is 9.85. The summed E-state index contributed by atoms with van der Waals surface area (Å²) in [5.74, 6) is -2.42. The van der Waals surface area contributed by atoms with Crippen molar-refractivity contribution >= 4 is 35.3 Å². The number of aryl methyl sites for hydroxylation is 2. The third-order valence-corrected chi connectivity index (χ3v) is 9.23. The Morgan fingerprint density at radius 3 is 2.30 bits per heavy atom. The molecule has 1 aliphatic carbocycles. The number of amides is 4. The van der Waals surface area contributed by atoms with Crippen LogP contribution < -0.4 is 21.1 Å². The highest BCUT2D eigenvalue weighted by Gasteiger charge is 2.55. The maximum Gasteiger partial charge on any atom is 0.408 e. The van der Waals surface area contributed by atoms with Crippen molar-refractivity contribution in [1.29, 1.82) is 0 Å². The summed E-state index contributed by atoms with van der Waals surface area (Å²) in [7, 11) is 1.62. The number of primary amides is 1. The monoisotopic (exact) mass is 655 g/mol. The summed E-state index contributed by atoms with van der Waals surface area (Å²) in [6.07, 6.45) is 3.67. The van der Waals surface area contributed by atoms with E-state index in [2.05, 4.69) is 15.8 Å². The van der Waals surface area contributed by atoms with Gasteiger partial charge in [0.15, 0.2) is 5.60 Å². The fourth-order valence-electron chi connectivity index (χ4n) is 6.84. The molecule has 4 N–H and O–H groups in total. The van der Waals surface area contributed by atoms with Gasteiger partial charge in [-0.3, -0.25) is 19.2 Å². The van der Waals surface area contributed by atoms with E-state index in [-0.39, 0.29) is 25.5 Å². The number of ether oxygens (including phenoxy) is 2. The number of benzene rings is 1. The molecule has 47 heavy (non-hydrogen) atoms. The first-order chi connectivity index (χ1) is 22.1. The molecule has 4 amide bonds. The molecule has 2 fully saturated rings. The van der Waals surface area contributed by atoms with Crippen molar-refractivity contribution < 1.29 is 38.3 Å². The van der Waals surface area contributed by atoms with E-state index in [9.17, 15) is 24.0 Å². The molecule has 0 aromatic heterocycles. The molecule has 13 nitrogen and oxygen atoms in total. The number of carbonyl (C=O) groups excluding carboxylic acids is 5. The molecule has 0 unspecified atom stereocenters. The van der Waals surface area contributed by atoms with E-state index in [1.165, 1.54) is 4.90 Å². The topological polar surface area (TPSA) is 179 Å². The number of nitrogens with two attached hydrogens (primary N) is 1. The molecule has 258 valence electrons. The molecule has 1 spiro atoms.